The Morgan fingerprint density at radius 1 is 1.09 bits per heavy atom. The Hall–Kier alpha value is -4.09. The zero-order valence-electron chi connectivity index (χ0n) is 31.4. The standard InChI is InChI=1S/C42H51ClN4O6S/c1-28(26-53-38-13-18-44-37-9-4-6-29(2)39(37)38)22-31-23-30-10-11-35(52-20-21-54(50,51)27-34-12-19-45-47(34)3)25-36(30)41(31)14-16-42(17-15-41,40(48)49)46-33-8-5-7-32(43)24-33/h5,7-8,10-13,18-19,24-25,28-29,31,46H,4,6,9,14-17,20-23,26-27H2,1-3H3,(H,48,49)/t28-,29-,31?,41?,42?/m1/s1. The fourth-order valence-corrected chi connectivity index (χ4v) is 10.7. The summed E-state index contributed by atoms with van der Waals surface area (Å²) in [5.41, 5.74) is 4.76. The quantitative estimate of drug-likeness (QED) is 0.131. The van der Waals surface area contributed by atoms with E-state index in [1.165, 1.54) is 16.7 Å². The number of aromatic nitrogens is 3. The highest BCUT2D eigenvalue weighted by Crippen LogP contribution is 2.57. The maximum absolute atomic E-state index is 13.0. The Morgan fingerprint density at radius 2 is 1.91 bits per heavy atom. The maximum atomic E-state index is 13.0. The Labute approximate surface area is 323 Å². The second-order valence-electron chi connectivity index (χ2n) is 15.9. The minimum absolute atomic E-state index is 0.0345. The van der Waals surface area contributed by atoms with Gasteiger partial charge in [0.05, 0.1) is 23.8 Å². The van der Waals surface area contributed by atoms with E-state index in [0.717, 1.165) is 43.5 Å². The first-order valence-electron chi connectivity index (χ1n) is 19.2. The van der Waals surface area contributed by atoms with Crippen molar-refractivity contribution in [2.75, 3.05) is 24.3 Å². The molecule has 3 atom stereocenters. The van der Waals surface area contributed by atoms with Crippen molar-refractivity contribution < 1.29 is 27.8 Å². The third-order valence-corrected chi connectivity index (χ3v) is 14.0. The number of carboxylic acid groups (broad SMARTS) is 1. The monoisotopic (exact) mass is 774 g/mol. The minimum Gasteiger partial charge on any atom is -0.493 e. The second-order valence-corrected chi connectivity index (χ2v) is 18.5. The van der Waals surface area contributed by atoms with Crippen molar-refractivity contribution in [3.63, 3.8) is 0 Å². The van der Waals surface area contributed by atoms with Gasteiger partial charge in [-0.3, -0.25) is 9.67 Å². The highest BCUT2D eigenvalue weighted by Gasteiger charge is 2.54. The Kier molecular flexibility index (Phi) is 11.0. The fraction of sp³-hybridized carbons (Fsp3) is 0.500. The highest BCUT2D eigenvalue weighted by molar-refractivity contribution is 7.90. The van der Waals surface area contributed by atoms with Crippen molar-refractivity contribution in [3.05, 3.63) is 100 Å². The van der Waals surface area contributed by atoms with Crippen LogP contribution in [0.3, 0.4) is 0 Å². The van der Waals surface area contributed by atoms with Crippen LogP contribution in [0.25, 0.3) is 0 Å². The van der Waals surface area contributed by atoms with E-state index in [2.05, 4.69) is 41.4 Å². The lowest BCUT2D eigenvalue weighted by atomic mass is 9.59. The zero-order valence-corrected chi connectivity index (χ0v) is 33.0. The van der Waals surface area contributed by atoms with Gasteiger partial charge in [-0.2, -0.15) is 5.10 Å². The number of hydrogen-bond acceptors (Lipinski definition) is 8. The number of fused-ring (bicyclic) bond motifs is 3. The molecule has 3 aliphatic carbocycles. The lowest BCUT2D eigenvalue weighted by molar-refractivity contribution is -0.144. The number of nitrogens with zero attached hydrogens (tertiary/aromatic N) is 3. The summed E-state index contributed by atoms with van der Waals surface area (Å²) in [5.74, 6) is 1.44. The number of pyridine rings is 1. The average Bonchev–Trinajstić information content (AvgIpc) is 3.66. The SMILES string of the molecule is C[C@@H](COc1ccnc2c1[C@H](C)CCC2)CC1Cc2ccc(OCCS(=O)(=O)Cc3ccnn3C)cc2C12CCC(Nc1cccc(Cl)c1)(C(=O)O)CC2. The van der Waals surface area contributed by atoms with Gasteiger partial charge in [0.2, 0.25) is 0 Å². The van der Waals surface area contributed by atoms with Gasteiger partial charge >= 0.3 is 5.97 Å². The molecule has 54 heavy (non-hydrogen) atoms. The summed E-state index contributed by atoms with van der Waals surface area (Å²) in [6, 6.07) is 17.1. The highest BCUT2D eigenvalue weighted by atomic mass is 35.5. The van der Waals surface area contributed by atoms with Gasteiger partial charge in [-0.25, -0.2) is 13.2 Å². The third-order valence-electron chi connectivity index (χ3n) is 12.2. The number of hydrogen-bond donors (Lipinski definition) is 2. The van der Waals surface area contributed by atoms with Crippen LogP contribution in [0.5, 0.6) is 11.5 Å². The number of benzene rings is 2. The molecule has 2 aromatic carbocycles. The van der Waals surface area contributed by atoms with E-state index in [0.29, 0.717) is 60.4 Å². The van der Waals surface area contributed by atoms with E-state index < -0.39 is 21.3 Å². The molecule has 10 nitrogen and oxygen atoms in total. The number of carboxylic acids is 1. The lowest BCUT2D eigenvalue weighted by Crippen LogP contribution is -2.53. The largest absolute Gasteiger partial charge is 0.493 e. The summed E-state index contributed by atoms with van der Waals surface area (Å²) in [6.45, 7) is 5.13. The van der Waals surface area contributed by atoms with Crippen LogP contribution in [0.1, 0.15) is 92.8 Å². The fourth-order valence-electron chi connectivity index (χ4n) is 9.29. The number of carbonyl (C=O) groups is 1. The van der Waals surface area contributed by atoms with E-state index in [1.54, 1.807) is 36.1 Å². The van der Waals surface area contributed by atoms with Crippen LogP contribution >= 0.6 is 11.6 Å². The topological polar surface area (TPSA) is 133 Å². The molecule has 0 radical (unpaired) electrons. The number of sulfone groups is 1. The number of nitrogens with one attached hydrogen (secondary N) is 1. The molecule has 1 unspecified atom stereocenters. The molecule has 0 aliphatic heterocycles. The van der Waals surface area contributed by atoms with Crippen molar-refractivity contribution in [1.29, 1.82) is 0 Å². The summed E-state index contributed by atoms with van der Waals surface area (Å²) in [5, 5.41) is 18.6. The molecule has 4 aromatic rings. The number of aliphatic carboxylic acids is 1. The van der Waals surface area contributed by atoms with E-state index in [1.807, 2.05) is 30.5 Å². The summed E-state index contributed by atoms with van der Waals surface area (Å²) >= 11 is 6.28. The predicted molar refractivity (Wildman–Crippen MR) is 210 cm³/mol. The lowest BCUT2D eigenvalue weighted by Gasteiger charge is -2.47. The van der Waals surface area contributed by atoms with Crippen LogP contribution in [-0.2, 0) is 45.7 Å². The van der Waals surface area contributed by atoms with Gasteiger partial charge in [-0.1, -0.05) is 37.6 Å². The van der Waals surface area contributed by atoms with Crippen LogP contribution in [0, 0.1) is 11.8 Å². The number of rotatable bonds is 14. The predicted octanol–water partition coefficient (Wildman–Crippen LogP) is 7.93. The van der Waals surface area contributed by atoms with Gasteiger partial charge in [0.15, 0.2) is 9.84 Å². The molecule has 3 aliphatic rings. The number of aryl methyl sites for hydroxylation is 2. The van der Waals surface area contributed by atoms with Crippen molar-refractivity contribution in [3.8, 4) is 11.5 Å². The van der Waals surface area contributed by atoms with E-state index in [-0.39, 0.29) is 35.4 Å². The van der Waals surface area contributed by atoms with Gasteiger partial charge in [-0.05, 0) is 135 Å². The number of ether oxygens (including phenoxy) is 2. The molecule has 0 amide bonds. The second kappa shape index (κ2) is 15.6. The first kappa shape index (κ1) is 38.2. The molecule has 2 heterocycles. The van der Waals surface area contributed by atoms with Crippen LogP contribution in [0.15, 0.2) is 67.0 Å². The summed E-state index contributed by atoms with van der Waals surface area (Å²) in [4.78, 5) is 17.7. The zero-order chi connectivity index (χ0) is 38.1. The van der Waals surface area contributed by atoms with E-state index in [4.69, 9.17) is 21.1 Å². The number of halogens is 1. The summed E-state index contributed by atoms with van der Waals surface area (Å²) in [7, 11) is -1.68. The normalized spacial score (nSPS) is 24.1. The average molecular weight is 775 g/mol. The molecule has 288 valence electrons. The molecular formula is C42H51ClN4O6S. The maximum Gasteiger partial charge on any atom is 0.329 e. The van der Waals surface area contributed by atoms with E-state index in [9.17, 15) is 18.3 Å². The van der Waals surface area contributed by atoms with Gasteiger partial charge in [0.1, 0.15) is 23.6 Å². The molecule has 7 rings (SSSR count). The molecule has 2 aromatic heterocycles. The van der Waals surface area contributed by atoms with Gasteiger partial charge in [-0.15, -0.1) is 0 Å². The molecule has 1 fully saturated rings. The third kappa shape index (κ3) is 7.98. The minimum atomic E-state index is -3.41. The van der Waals surface area contributed by atoms with Crippen LogP contribution < -0.4 is 14.8 Å². The molecular weight excluding hydrogens is 724 g/mol. The molecule has 1 saturated carbocycles. The smallest absolute Gasteiger partial charge is 0.329 e. The van der Waals surface area contributed by atoms with E-state index >= 15 is 0 Å². The van der Waals surface area contributed by atoms with Crippen molar-refractivity contribution in [2.45, 2.75) is 94.3 Å². The van der Waals surface area contributed by atoms with Gasteiger partial charge in [0, 0.05) is 41.4 Å². The molecule has 0 saturated heterocycles. The number of anilines is 1. The van der Waals surface area contributed by atoms with Crippen LogP contribution in [-0.4, -0.2) is 58.8 Å². The molecule has 12 heteroatoms. The van der Waals surface area contributed by atoms with Gasteiger partial charge < -0.3 is 19.9 Å². The Morgan fingerprint density at radius 3 is 2.65 bits per heavy atom. The van der Waals surface area contributed by atoms with Crippen LogP contribution in [0.2, 0.25) is 5.02 Å². The van der Waals surface area contributed by atoms with Crippen molar-refractivity contribution in [1.82, 2.24) is 14.8 Å². The first-order valence-corrected chi connectivity index (χ1v) is 21.4. The molecule has 0 bridgehead atoms. The first-order chi connectivity index (χ1) is 25.9. The van der Waals surface area contributed by atoms with Crippen molar-refractivity contribution >= 4 is 33.1 Å². The molecule has 2 N–H and O–H groups in total. The molecule has 1 spiro atoms. The summed E-state index contributed by atoms with van der Waals surface area (Å²) < 4.78 is 40.1. The Bertz CT molecular complexity index is 2090. The summed E-state index contributed by atoms with van der Waals surface area (Å²) in [6.07, 6.45) is 10.8. The van der Waals surface area contributed by atoms with Crippen LogP contribution in [0.4, 0.5) is 5.69 Å². The Balaban J connectivity index is 1.10. The van der Waals surface area contributed by atoms with Gasteiger partial charge in [0.25, 0.3) is 0 Å². The van der Waals surface area contributed by atoms with Crippen molar-refractivity contribution in [2.24, 2.45) is 18.9 Å².